The molecule has 11 heteroatoms. The fourth-order valence-corrected chi connectivity index (χ4v) is 5.53. The zero-order chi connectivity index (χ0) is 26.8. The van der Waals surface area contributed by atoms with Crippen LogP contribution in [-0.2, 0) is 31.2 Å². The van der Waals surface area contributed by atoms with Crippen LogP contribution < -0.4 is 10.6 Å². The molecule has 38 heavy (non-hydrogen) atoms. The predicted octanol–water partition coefficient (Wildman–Crippen LogP) is 1.95. The number of fused-ring (bicyclic) bond motifs is 2. The lowest BCUT2D eigenvalue weighted by Gasteiger charge is -2.25. The van der Waals surface area contributed by atoms with E-state index in [0.29, 0.717) is 62.5 Å². The maximum atomic E-state index is 13.5. The highest BCUT2D eigenvalue weighted by Gasteiger charge is 2.30. The lowest BCUT2D eigenvalue weighted by Crippen LogP contribution is -2.40. The molecule has 2 bridgehead atoms. The Balaban J connectivity index is 1.35. The molecule has 0 radical (unpaired) electrons. The van der Waals surface area contributed by atoms with Crippen molar-refractivity contribution in [2.45, 2.75) is 71.4 Å². The van der Waals surface area contributed by atoms with Crippen LogP contribution in [0.4, 0.5) is 0 Å². The molecule has 0 fully saturated rings. The van der Waals surface area contributed by atoms with E-state index in [1.54, 1.807) is 15.6 Å². The highest BCUT2D eigenvalue weighted by Crippen LogP contribution is 2.26. The van der Waals surface area contributed by atoms with Crippen LogP contribution in [0.15, 0.2) is 18.6 Å². The number of carbonyl (C=O) groups is 3. The molecular weight excluding hydrogens is 484 g/mol. The molecule has 3 aromatic heterocycles. The molecule has 0 spiro atoms. The topological polar surface area (TPSA) is 119 Å². The van der Waals surface area contributed by atoms with E-state index in [1.807, 2.05) is 28.7 Å². The third kappa shape index (κ3) is 5.32. The molecule has 2 N–H and O–H groups in total. The third-order valence-electron chi connectivity index (χ3n) is 7.62. The van der Waals surface area contributed by atoms with Gasteiger partial charge in [-0.15, -0.1) is 0 Å². The van der Waals surface area contributed by atoms with Crippen LogP contribution in [0.25, 0.3) is 5.65 Å². The molecule has 3 aromatic rings. The van der Waals surface area contributed by atoms with Crippen molar-refractivity contribution < 1.29 is 14.4 Å². The summed E-state index contributed by atoms with van der Waals surface area (Å²) in [5.74, 6) is 0.213. The summed E-state index contributed by atoms with van der Waals surface area (Å²) in [5.41, 5.74) is 3.81. The average molecular weight is 523 g/mol. The van der Waals surface area contributed by atoms with Crippen LogP contribution in [-0.4, -0.2) is 72.3 Å². The number of amides is 3. The minimum Gasteiger partial charge on any atom is -0.353 e. The fourth-order valence-electron chi connectivity index (χ4n) is 5.53. The van der Waals surface area contributed by atoms with Crippen molar-refractivity contribution in [1.29, 1.82) is 0 Å². The van der Waals surface area contributed by atoms with Crippen LogP contribution >= 0.6 is 0 Å². The molecule has 0 aromatic carbocycles. The first kappa shape index (κ1) is 26.0. The van der Waals surface area contributed by atoms with Gasteiger partial charge in [0, 0.05) is 69.3 Å². The average Bonchev–Trinajstić information content (AvgIpc) is 3.57. The lowest BCUT2D eigenvalue weighted by molar-refractivity contribution is -0.122. The van der Waals surface area contributed by atoms with Crippen molar-refractivity contribution in [3.63, 3.8) is 0 Å². The number of aryl methyl sites for hydroxylation is 2. The molecule has 1 unspecified atom stereocenters. The Kier molecular flexibility index (Phi) is 7.53. The molecule has 1 aliphatic heterocycles. The van der Waals surface area contributed by atoms with Gasteiger partial charge in [0.15, 0.2) is 5.69 Å². The molecule has 2 aliphatic rings. The Morgan fingerprint density at radius 3 is 2.79 bits per heavy atom. The van der Waals surface area contributed by atoms with Gasteiger partial charge in [-0.25, -0.2) is 4.52 Å². The number of rotatable bonds is 4. The molecule has 0 saturated heterocycles. The molecule has 204 valence electrons. The molecule has 1 atom stereocenters. The zero-order valence-electron chi connectivity index (χ0n) is 22.6. The molecule has 5 rings (SSSR count). The largest absolute Gasteiger partial charge is 0.353 e. The molecule has 4 heterocycles. The molecular formula is C27H38N8O3. The van der Waals surface area contributed by atoms with Gasteiger partial charge in [0.25, 0.3) is 11.8 Å². The normalized spacial score (nSPS) is 19.3. The summed E-state index contributed by atoms with van der Waals surface area (Å²) in [7, 11) is 1.88. The minimum absolute atomic E-state index is 0.0192. The summed E-state index contributed by atoms with van der Waals surface area (Å²) in [6.07, 6.45) is 10.00. The summed E-state index contributed by atoms with van der Waals surface area (Å²) in [6, 6.07) is -0.0230. The van der Waals surface area contributed by atoms with Gasteiger partial charge in [-0.3, -0.25) is 19.1 Å². The van der Waals surface area contributed by atoms with E-state index in [4.69, 9.17) is 5.10 Å². The van der Waals surface area contributed by atoms with E-state index in [2.05, 4.69) is 29.6 Å². The van der Waals surface area contributed by atoms with Crippen molar-refractivity contribution in [2.24, 2.45) is 13.0 Å². The van der Waals surface area contributed by atoms with Gasteiger partial charge in [0.2, 0.25) is 5.91 Å². The number of nitrogens with one attached hydrogen (secondary N) is 2. The number of hydrogen-bond donors (Lipinski definition) is 2. The quantitative estimate of drug-likeness (QED) is 0.543. The van der Waals surface area contributed by atoms with E-state index < -0.39 is 0 Å². The standard InChI is InChI=1S/C27H38N8O3/c1-18(2)9-13-34-22-8-7-19-16-20(22)24(31-34)25(37)28-10-5-12-33(11-4-6-23(36)30-19)27(38)21-17-29-35-15-14-32(3)26(21)35/h14-15,17-19H,4-13,16H2,1-3H3,(H,28,37)(H,30,36). The van der Waals surface area contributed by atoms with Crippen LogP contribution in [0.1, 0.15) is 78.1 Å². The first-order valence-electron chi connectivity index (χ1n) is 13.8. The Morgan fingerprint density at radius 2 is 1.97 bits per heavy atom. The fraction of sp³-hybridized carbons (Fsp3) is 0.593. The van der Waals surface area contributed by atoms with Gasteiger partial charge in [-0.2, -0.15) is 10.2 Å². The summed E-state index contributed by atoms with van der Waals surface area (Å²) in [5, 5.41) is 15.2. The van der Waals surface area contributed by atoms with Crippen molar-refractivity contribution >= 4 is 23.4 Å². The van der Waals surface area contributed by atoms with Gasteiger partial charge >= 0.3 is 0 Å². The highest BCUT2D eigenvalue weighted by molar-refractivity contribution is 6.00. The summed E-state index contributed by atoms with van der Waals surface area (Å²) in [4.78, 5) is 41.3. The van der Waals surface area contributed by atoms with E-state index in [1.165, 1.54) is 0 Å². The minimum atomic E-state index is -0.188. The molecule has 3 amide bonds. The molecule has 0 saturated carbocycles. The Labute approximate surface area is 222 Å². The van der Waals surface area contributed by atoms with Crippen molar-refractivity contribution in [3.05, 3.63) is 41.1 Å². The number of carbonyl (C=O) groups excluding carboxylic acids is 3. The maximum absolute atomic E-state index is 13.5. The second-order valence-corrected chi connectivity index (χ2v) is 10.9. The van der Waals surface area contributed by atoms with Crippen LogP contribution in [0.5, 0.6) is 0 Å². The van der Waals surface area contributed by atoms with Gasteiger partial charge in [0.05, 0.1) is 6.20 Å². The first-order chi connectivity index (χ1) is 18.3. The van der Waals surface area contributed by atoms with Gasteiger partial charge in [-0.1, -0.05) is 13.8 Å². The first-order valence-corrected chi connectivity index (χ1v) is 13.8. The van der Waals surface area contributed by atoms with E-state index >= 15 is 0 Å². The second kappa shape index (κ2) is 11.0. The number of imidazole rings is 1. The van der Waals surface area contributed by atoms with Crippen LogP contribution in [0, 0.1) is 5.92 Å². The zero-order valence-corrected chi connectivity index (χ0v) is 22.6. The predicted molar refractivity (Wildman–Crippen MR) is 142 cm³/mol. The highest BCUT2D eigenvalue weighted by atomic mass is 16.2. The second-order valence-electron chi connectivity index (χ2n) is 10.9. The third-order valence-corrected chi connectivity index (χ3v) is 7.62. The van der Waals surface area contributed by atoms with Gasteiger partial charge < -0.3 is 20.1 Å². The maximum Gasteiger partial charge on any atom is 0.272 e. The molecule has 1 aliphatic carbocycles. The van der Waals surface area contributed by atoms with E-state index in [9.17, 15) is 14.4 Å². The van der Waals surface area contributed by atoms with Gasteiger partial charge in [-0.05, 0) is 44.4 Å². The van der Waals surface area contributed by atoms with Crippen LogP contribution in [0.3, 0.4) is 0 Å². The number of nitrogens with zero attached hydrogens (tertiary/aromatic N) is 6. The number of aromatic nitrogens is 5. The van der Waals surface area contributed by atoms with E-state index in [0.717, 1.165) is 42.7 Å². The monoisotopic (exact) mass is 522 g/mol. The summed E-state index contributed by atoms with van der Waals surface area (Å²) >= 11 is 0. The number of hydrogen-bond acceptors (Lipinski definition) is 5. The van der Waals surface area contributed by atoms with Crippen molar-refractivity contribution in [2.75, 3.05) is 19.6 Å². The lowest BCUT2D eigenvalue weighted by atomic mass is 9.91. The summed E-state index contributed by atoms with van der Waals surface area (Å²) < 4.78 is 5.56. The van der Waals surface area contributed by atoms with E-state index in [-0.39, 0.29) is 23.8 Å². The van der Waals surface area contributed by atoms with Crippen molar-refractivity contribution in [1.82, 2.24) is 39.5 Å². The van der Waals surface area contributed by atoms with Crippen molar-refractivity contribution in [3.8, 4) is 0 Å². The van der Waals surface area contributed by atoms with Crippen LogP contribution in [0.2, 0.25) is 0 Å². The Morgan fingerprint density at radius 1 is 1.16 bits per heavy atom. The smallest absolute Gasteiger partial charge is 0.272 e. The summed E-state index contributed by atoms with van der Waals surface area (Å²) in [6.45, 7) is 6.51. The SMILES string of the molecule is CC(C)CCn1nc2c3c1CCC(C3)NC(=O)CCCN(C(=O)c1cnn3ccn(C)c13)CCCNC2=O. The Hall–Kier alpha value is -3.63. The van der Waals surface area contributed by atoms with Gasteiger partial charge in [0.1, 0.15) is 11.2 Å². The molecule has 11 nitrogen and oxygen atoms in total. The Bertz CT molecular complexity index is 1330.